The van der Waals surface area contributed by atoms with Crippen molar-refractivity contribution in [2.24, 2.45) is 0 Å². The maximum absolute atomic E-state index is 10.4. The maximum atomic E-state index is 10.4. The van der Waals surface area contributed by atoms with E-state index in [1.165, 1.54) is 0 Å². The van der Waals surface area contributed by atoms with E-state index in [0.29, 0.717) is 0 Å². The Bertz CT molecular complexity index is 130. The fourth-order valence-corrected chi connectivity index (χ4v) is 1.32. The third-order valence-corrected chi connectivity index (χ3v) is 2.31. The van der Waals surface area contributed by atoms with Gasteiger partial charge in [-0.25, -0.2) is 0 Å². The Balaban J connectivity index is 2.32. The summed E-state index contributed by atoms with van der Waals surface area (Å²) in [5.41, 5.74) is 0. The third-order valence-electron chi connectivity index (χ3n) is 2.31. The van der Waals surface area contributed by atoms with E-state index in [0.717, 1.165) is 32.5 Å². The van der Waals surface area contributed by atoms with Crippen LogP contribution in [0.25, 0.3) is 0 Å². The first kappa shape index (κ1) is 8.68. The summed E-state index contributed by atoms with van der Waals surface area (Å²) in [6, 6.07) is 0.101. The van der Waals surface area contributed by atoms with Crippen molar-refractivity contribution in [3.63, 3.8) is 0 Å². The Labute approximate surface area is 68.0 Å². The van der Waals surface area contributed by atoms with Gasteiger partial charge in [0, 0.05) is 26.2 Å². The highest BCUT2D eigenvalue weighted by Crippen LogP contribution is 2.02. The molecule has 1 unspecified atom stereocenters. The maximum Gasteiger partial charge on any atom is 0.136 e. The molecule has 3 nitrogen and oxygen atoms in total. The third kappa shape index (κ3) is 2.27. The number of hydrogen-bond donors (Lipinski definition) is 0. The van der Waals surface area contributed by atoms with Gasteiger partial charge in [0.25, 0.3) is 0 Å². The van der Waals surface area contributed by atoms with E-state index in [4.69, 9.17) is 0 Å². The fourth-order valence-electron chi connectivity index (χ4n) is 1.32. The van der Waals surface area contributed by atoms with Crippen molar-refractivity contribution in [1.82, 2.24) is 9.80 Å². The number of aldehydes is 1. The second-order valence-electron chi connectivity index (χ2n) is 3.22. The highest BCUT2D eigenvalue weighted by Gasteiger charge is 2.17. The molecule has 0 aromatic rings. The number of rotatable bonds is 2. The van der Waals surface area contributed by atoms with Crippen LogP contribution in [0.4, 0.5) is 0 Å². The van der Waals surface area contributed by atoms with Crippen LogP contribution in [-0.2, 0) is 4.79 Å². The Kier molecular flexibility index (Phi) is 3.02. The molecule has 0 amide bonds. The quantitative estimate of drug-likeness (QED) is 0.518. The molecular weight excluding hydrogens is 140 g/mol. The van der Waals surface area contributed by atoms with Crippen molar-refractivity contribution in [3.8, 4) is 0 Å². The van der Waals surface area contributed by atoms with Gasteiger partial charge in [0.2, 0.25) is 0 Å². The van der Waals surface area contributed by atoms with Gasteiger partial charge in [0.15, 0.2) is 0 Å². The highest BCUT2D eigenvalue weighted by molar-refractivity contribution is 5.56. The minimum absolute atomic E-state index is 0.101. The van der Waals surface area contributed by atoms with Crippen molar-refractivity contribution in [3.05, 3.63) is 0 Å². The van der Waals surface area contributed by atoms with E-state index < -0.39 is 0 Å². The van der Waals surface area contributed by atoms with Crippen LogP contribution in [-0.4, -0.2) is 55.4 Å². The van der Waals surface area contributed by atoms with Crippen LogP contribution in [0.1, 0.15) is 6.92 Å². The molecule has 1 saturated heterocycles. The van der Waals surface area contributed by atoms with Gasteiger partial charge in [-0.1, -0.05) is 0 Å². The SMILES string of the molecule is CC(C=O)N1CCN(C)CC1. The van der Waals surface area contributed by atoms with E-state index in [2.05, 4.69) is 16.8 Å². The molecule has 1 rings (SSSR count). The Morgan fingerprint density at radius 1 is 1.27 bits per heavy atom. The summed E-state index contributed by atoms with van der Waals surface area (Å²) >= 11 is 0. The van der Waals surface area contributed by atoms with E-state index in [1.54, 1.807) is 0 Å². The van der Waals surface area contributed by atoms with Gasteiger partial charge in [0.05, 0.1) is 6.04 Å². The molecule has 11 heavy (non-hydrogen) atoms. The molecule has 1 aliphatic rings. The first-order valence-electron chi connectivity index (χ1n) is 4.12. The van der Waals surface area contributed by atoms with E-state index in [-0.39, 0.29) is 6.04 Å². The van der Waals surface area contributed by atoms with Crippen LogP contribution >= 0.6 is 0 Å². The number of nitrogens with zero attached hydrogens (tertiary/aromatic N) is 2. The monoisotopic (exact) mass is 156 g/mol. The molecule has 0 aliphatic carbocycles. The summed E-state index contributed by atoms with van der Waals surface area (Å²) in [6.07, 6.45) is 1.02. The predicted octanol–water partition coefficient (Wildman–Crippen LogP) is -0.179. The molecule has 0 aromatic heterocycles. The number of likely N-dealkylation sites (N-methyl/N-ethyl adjacent to an activating group) is 1. The molecule has 1 fully saturated rings. The molecule has 1 aliphatic heterocycles. The standard InChI is InChI=1S/C8H16N2O/c1-8(7-11)10-5-3-9(2)4-6-10/h7-8H,3-6H2,1-2H3. The summed E-state index contributed by atoms with van der Waals surface area (Å²) < 4.78 is 0. The normalized spacial score (nSPS) is 24.9. The van der Waals surface area contributed by atoms with Crippen LogP contribution in [0.3, 0.4) is 0 Å². The first-order chi connectivity index (χ1) is 5.24. The molecule has 0 saturated carbocycles. The predicted molar refractivity (Wildman–Crippen MR) is 44.6 cm³/mol. The zero-order valence-corrected chi connectivity index (χ0v) is 7.29. The zero-order valence-electron chi connectivity index (χ0n) is 7.29. The number of hydrogen-bond acceptors (Lipinski definition) is 3. The van der Waals surface area contributed by atoms with Crippen molar-refractivity contribution in [1.29, 1.82) is 0 Å². The Morgan fingerprint density at radius 3 is 2.27 bits per heavy atom. The lowest BCUT2D eigenvalue weighted by atomic mass is 10.2. The number of piperazine rings is 1. The Morgan fingerprint density at radius 2 is 1.82 bits per heavy atom. The molecule has 0 N–H and O–H groups in total. The molecule has 0 aromatic carbocycles. The summed E-state index contributed by atoms with van der Waals surface area (Å²) in [5, 5.41) is 0. The van der Waals surface area contributed by atoms with Gasteiger partial charge in [-0.3, -0.25) is 4.90 Å². The van der Waals surface area contributed by atoms with Gasteiger partial charge in [-0.2, -0.15) is 0 Å². The van der Waals surface area contributed by atoms with Gasteiger partial charge in [0.1, 0.15) is 6.29 Å². The molecule has 0 radical (unpaired) electrons. The fraction of sp³-hybridized carbons (Fsp3) is 0.875. The molecule has 1 heterocycles. The van der Waals surface area contributed by atoms with Gasteiger partial charge < -0.3 is 9.69 Å². The Hall–Kier alpha value is -0.410. The van der Waals surface area contributed by atoms with Gasteiger partial charge >= 0.3 is 0 Å². The van der Waals surface area contributed by atoms with Crippen LogP contribution in [0.5, 0.6) is 0 Å². The lowest BCUT2D eigenvalue weighted by Crippen LogP contribution is -2.48. The van der Waals surface area contributed by atoms with Crippen LogP contribution in [0, 0.1) is 0 Å². The van der Waals surface area contributed by atoms with Crippen LogP contribution in [0.15, 0.2) is 0 Å². The summed E-state index contributed by atoms with van der Waals surface area (Å²) in [7, 11) is 2.11. The molecule has 64 valence electrons. The van der Waals surface area contributed by atoms with Gasteiger partial charge in [-0.15, -0.1) is 0 Å². The minimum atomic E-state index is 0.101. The average Bonchev–Trinajstić information content (AvgIpc) is 2.05. The number of carbonyl (C=O) groups is 1. The zero-order chi connectivity index (χ0) is 8.27. The topological polar surface area (TPSA) is 23.6 Å². The van der Waals surface area contributed by atoms with E-state index in [1.807, 2.05) is 6.92 Å². The van der Waals surface area contributed by atoms with Crippen molar-refractivity contribution < 1.29 is 4.79 Å². The van der Waals surface area contributed by atoms with Crippen molar-refractivity contribution in [2.75, 3.05) is 33.2 Å². The lowest BCUT2D eigenvalue weighted by Gasteiger charge is -2.34. The van der Waals surface area contributed by atoms with Crippen molar-refractivity contribution >= 4 is 6.29 Å². The van der Waals surface area contributed by atoms with Gasteiger partial charge in [-0.05, 0) is 14.0 Å². The average molecular weight is 156 g/mol. The molecule has 0 spiro atoms. The number of carbonyl (C=O) groups excluding carboxylic acids is 1. The smallest absolute Gasteiger partial charge is 0.136 e. The lowest BCUT2D eigenvalue weighted by molar-refractivity contribution is -0.112. The molecule has 1 atom stereocenters. The molecular formula is C8H16N2O. The molecule has 3 heteroatoms. The van der Waals surface area contributed by atoms with Crippen LogP contribution in [0.2, 0.25) is 0 Å². The molecule has 0 bridgehead atoms. The second kappa shape index (κ2) is 3.83. The van der Waals surface area contributed by atoms with Crippen LogP contribution < -0.4 is 0 Å². The second-order valence-corrected chi connectivity index (χ2v) is 3.22. The first-order valence-corrected chi connectivity index (χ1v) is 4.12. The summed E-state index contributed by atoms with van der Waals surface area (Å²) in [5.74, 6) is 0. The van der Waals surface area contributed by atoms with E-state index in [9.17, 15) is 4.79 Å². The summed E-state index contributed by atoms with van der Waals surface area (Å²) in [6.45, 7) is 6.17. The van der Waals surface area contributed by atoms with Crippen molar-refractivity contribution in [2.45, 2.75) is 13.0 Å². The van der Waals surface area contributed by atoms with E-state index >= 15 is 0 Å². The minimum Gasteiger partial charge on any atom is -0.304 e. The largest absolute Gasteiger partial charge is 0.304 e. The highest BCUT2D eigenvalue weighted by atomic mass is 16.1. The summed E-state index contributed by atoms with van der Waals surface area (Å²) in [4.78, 5) is 14.9.